The lowest BCUT2D eigenvalue weighted by Gasteiger charge is -2.14. The Kier molecular flexibility index (Phi) is 4.36. The van der Waals surface area contributed by atoms with Crippen LogP contribution in [0.4, 0.5) is 23.7 Å². The molecule has 0 saturated heterocycles. The lowest BCUT2D eigenvalue weighted by atomic mass is 10.1. The second-order valence-electron chi connectivity index (χ2n) is 3.52. The summed E-state index contributed by atoms with van der Waals surface area (Å²) in [6, 6.07) is 2.93. The van der Waals surface area contributed by atoms with Gasteiger partial charge in [0, 0.05) is 11.3 Å². The monoisotopic (exact) mass is 275 g/mol. The SMILES string of the molecule is CCOC(=O)Nc1ccc(C(=N)N)c(C(F)(F)F)c1. The van der Waals surface area contributed by atoms with Crippen LogP contribution in [0.15, 0.2) is 18.2 Å². The number of carbonyl (C=O) groups is 1. The van der Waals surface area contributed by atoms with Crippen LogP contribution >= 0.6 is 0 Å². The smallest absolute Gasteiger partial charge is 0.417 e. The standard InChI is InChI=1S/C11H12F3N3O2/c1-2-19-10(18)17-6-3-4-7(9(15)16)8(5-6)11(12,13)14/h3-5H,2H2,1H3,(H3,15,16)(H,17,18). The molecule has 19 heavy (non-hydrogen) atoms. The van der Waals surface area contributed by atoms with Gasteiger partial charge >= 0.3 is 12.3 Å². The van der Waals surface area contributed by atoms with Crippen molar-refractivity contribution in [3.63, 3.8) is 0 Å². The Labute approximate surface area is 107 Å². The summed E-state index contributed by atoms with van der Waals surface area (Å²) in [7, 11) is 0. The molecule has 4 N–H and O–H groups in total. The van der Waals surface area contributed by atoms with E-state index in [2.05, 4.69) is 10.1 Å². The molecule has 0 aromatic heterocycles. The average molecular weight is 275 g/mol. The molecular formula is C11H12F3N3O2. The maximum Gasteiger partial charge on any atom is 0.417 e. The van der Waals surface area contributed by atoms with Crippen LogP contribution in [0.5, 0.6) is 0 Å². The lowest BCUT2D eigenvalue weighted by molar-refractivity contribution is -0.137. The first kappa shape index (κ1) is 14.8. The highest BCUT2D eigenvalue weighted by atomic mass is 19.4. The quantitative estimate of drug-likeness (QED) is 0.585. The minimum absolute atomic E-state index is 0.0872. The summed E-state index contributed by atoms with van der Waals surface area (Å²) in [4.78, 5) is 11.1. The van der Waals surface area contributed by atoms with Gasteiger partial charge in [-0.2, -0.15) is 13.2 Å². The van der Waals surface area contributed by atoms with E-state index < -0.39 is 29.2 Å². The molecule has 1 rings (SSSR count). The summed E-state index contributed by atoms with van der Waals surface area (Å²) in [5.41, 5.74) is 3.46. The fraction of sp³-hybridized carbons (Fsp3) is 0.273. The van der Waals surface area contributed by atoms with Crippen molar-refractivity contribution in [2.75, 3.05) is 11.9 Å². The van der Waals surface area contributed by atoms with Gasteiger partial charge in [-0.15, -0.1) is 0 Å². The van der Waals surface area contributed by atoms with Crippen molar-refractivity contribution in [2.24, 2.45) is 5.73 Å². The Morgan fingerprint density at radius 3 is 2.58 bits per heavy atom. The number of halogens is 3. The van der Waals surface area contributed by atoms with Crippen LogP contribution in [0, 0.1) is 5.41 Å². The zero-order chi connectivity index (χ0) is 14.6. The molecule has 1 amide bonds. The molecule has 104 valence electrons. The Morgan fingerprint density at radius 2 is 2.11 bits per heavy atom. The number of ether oxygens (including phenoxy) is 1. The number of benzene rings is 1. The van der Waals surface area contributed by atoms with Gasteiger partial charge < -0.3 is 10.5 Å². The van der Waals surface area contributed by atoms with E-state index in [0.717, 1.165) is 6.07 Å². The van der Waals surface area contributed by atoms with E-state index in [1.54, 1.807) is 6.92 Å². The topological polar surface area (TPSA) is 88.2 Å². The number of hydrogen-bond donors (Lipinski definition) is 3. The molecule has 1 aromatic rings. The molecule has 0 aliphatic carbocycles. The first-order chi connectivity index (χ1) is 8.75. The van der Waals surface area contributed by atoms with Gasteiger partial charge in [-0.25, -0.2) is 4.79 Å². The van der Waals surface area contributed by atoms with Gasteiger partial charge in [-0.1, -0.05) is 0 Å². The number of rotatable bonds is 3. The third-order valence-electron chi connectivity index (χ3n) is 2.14. The maximum atomic E-state index is 12.8. The molecule has 0 spiro atoms. The summed E-state index contributed by atoms with van der Waals surface area (Å²) in [6.07, 6.45) is -5.53. The van der Waals surface area contributed by atoms with Crippen molar-refractivity contribution < 1.29 is 22.7 Å². The molecule has 0 bridgehead atoms. The second kappa shape index (κ2) is 5.59. The predicted molar refractivity (Wildman–Crippen MR) is 63.1 cm³/mol. The van der Waals surface area contributed by atoms with Gasteiger partial charge in [0.25, 0.3) is 0 Å². The van der Waals surface area contributed by atoms with Crippen molar-refractivity contribution in [1.82, 2.24) is 0 Å². The maximum absolute atomic E-state index is 12.8. The van der Waals surface area contributed by atoms with Crippen LogP contribution in [-0.4, -0.2) is 18.5 Å². The molecule has 0 heterocycles. The summed E-state index contributed by atoms with van der Waals surface area (Å²) in [5.74, 6) is -0.699. The van der Waals surface area contributed by atoms with Gasteiger partial charge in [0.05, 0.1) is 12.2 Å². The summed E-state index contributed by atoms with van der Waals surface area (Å²) >= 11 is 0. The first-order valence-corrected chi connectivity index (χ1v) is 5.25. The Bertz CT molecular complexity index is 500. The van der Waals surface area contributed by atoms with E-state index >= 15 is 0 Å². The number of anilines is 1. The number of alkyl halides is 3. The number of amidine groups is 1. The van der Waals surface area contributed by atoms with Crippen LogP contribution in [0.1, 0.15) is 18.1 Å². The highest BCUT2D eigenvalue weighted by molar-refractivity contribution is 5.97. The Balaban J connectivity index is 3.12. The number of amides is 1. The van der Waals surface area contributed by atoms with E-state index in [-0.39, 0.29) is 12.3 Å². The van der Waals surface area contributed by atoms with Gasteiger partial charge in [0.1, 0.15) is 5.84 Å². The van der Waals surface area contributed by atoms with E-state index in [9.17, 15) is 18.0 Å². The fourth-order valence-corrected chi connectivity index (χ4v) is 1.38. The van der Waals surface area contributed by atoms with Crippen molar-refractivity contribution in [3.8, 4) is 0 Å². The van der Waals surface area contributed by atoms with E-state index in [4.69, 9.17) is 11.1 Å². The van der Waals surface area contributed by atoms with Crippen LogP contribution < -0.4 is 11.1 Å². The highest BCUT2D eigenvalue weighted by Crippen LogP contribution is 2.33. The van der Waals surface area contributed by atoms with Gasteiger partial charge in [-0.05, 0) is 25.1 Å². The zero-order valence-corrected chi connectivity index (χ0v) is 9.97. The van der Waals surface area contributed by atoms with Crippen LogP contribution in [-0.2, 0) is 10.9 Å². The number of nitrogen functional groups attached to an aromatic ring is 1. The molecule has 0 aliphatic rings. The Hall–Kier alpha value is -2.25. The molecule has 0 unspecified atom stereocenters. The van der Waals surface area contributed by atoms with Gasteiger partial charge in [0.15, 0.2) is 0 Å². The average Bonchev–Trinajstić information content (AvgIpc) is 2.27. The number of nitrogens with two attached hydrogens (primary N) is 1. The molecule has 0 saturated carbocycles. The van der Waals surface area contributed by atoms with Crippen LogP contribution in [0.2, 0.25) is 0 Å². The largest absolute Gasteiger partial charge is 0.450 e. The molecule has 0 atom stereocenters. The normalized spacial score (nSPS) is 10.9. The minimum atomic E-state index is -4.67. The highest BCUT2D eigenvalue weighted by Gasteiger charge is 2.34. The molecule has 8 heteroatoms. The van der Waals surface area contributed by atoms with E-state index in [1.165, 1.54) is 6.07 Å². The number of carbonyl (C=O) groups excluding carboxylic acids is 1. The van der Waals surface area contributed by atoms with Gasteiger partial charge in [-0.3, -0.25) is 10.7 Å². The molecule has 0 fully saturated rings. The summed E-state index contributed by atoms with van der Waals surface area (Å²) < 4.78 is 42.9. The van der Waals surface area contributed by atoms with Crippen molar-refractivity contribution >= 4 is 17.6 Å². The number of nitrogens with one attached hydrogen (secondary N) is 2. The third-order valence-corrected chi connectivity index (χ3v) is 2.14. The summed E-state index contributed by atoms with van der Waals surface area (Å²) in [6.45, 7) is 1.67. The zero-order valence-electron chi connectivity index (χ0n) is 9.97. The van der Waals surface area contributed by atoms with Crippen LogP contribution in [0.3, 0.4) is 0 Å². The molecule has 0 radical (unpaired) electrons. The first-order valence-electron chi connectivity index (χ1n) is 5.25. The Morgan fingerprint density at radius 1 is 1.47 bits per heavy atom. The minimum Gasteiger partial charge on any atom is -0.450 e. The van der Waals surface area contributed by atoms with Crippen LogP contribution in [0.25, 0.3) is 0 Å². The van der Waals surface area contributed by atoms with Crippen molar-refractivity contribution in [3.05, 3.63) is 29.3 Å². The molecule has 1 aromatic carbocycles. The molecular weight excluding hydrogens is 263 g/mol. The predicted octanol–water partition coefficient (Wildman–Crippen LogP) is 2.56. The lowest BCUT2D eigenvalue weighted by Crippen LogP contribution is -2.20. The molecule has 0 aliphatic heterocycles. The third kappa shape index (κ3) is 3.87. The van der Waals surface area contributed by atoms with Crippen molar-refractivity contribution in [2.45, 2.75) is 13.1 Å². The number of hydrogen-bond acceptors (Lipinski definition) is 3. The van der Waals surface area contributed by atoms with E-state index in [1.807, 2.05) is 0 Å². The van der Waals surface area contributed by atoms with E-state index in [0.29, 0.717) is 6.07 Å². The second-order valence-corrected chi connectivity index (χ2v) is 3.52. The molecule has 5 nitrogen and oxygen atoms in total. The fourth-order valence-electron chi connectivity index (χ4n) is 1.38. The summed E-state index contributed by atoms with van der Waals surface area (Å²) in [5, 5.41) is 9.25. The van der Waals surface area contributed by atoms with Crippen molar-refractivity contribution in [1.29, 1.82) is 5.41 Å². The van der Waals surface area contributed by atoms with Gasteiger partial charge in [0.2, 0.25) is 0 Å².